The molecule has 0 radical (unpaired) electrons. The van der Waals surface area contributed by atoms with Gasteiger partial charge in [-0.2, -0.15) is 0 Å². The van der Waals surface area contributed by atoms with Gasteiger partial charge in [0, 0.05) is 26.3 Å². The molecule has 136 valence electrons. The van der Waals surface area contributed by atoms with Crippen LogP contribution < -0.4 is 10.6 Å². The van der Waals surface area contributed by atoms with E-state index in [0.29, 0.717) is 24.2 Å². The van der Waals surface area contributed by atoms with Gasteiger partial charge in [-0.3, -0.25) is 0 Å². The van der Waals surface area contributed by atoms with Crippen molar-refractivity contribution in [3.8, 4) is 0 Å². The first-order valence-corrected chi connectivity index (χ1v) is 8.06. The SMILES string of the molecule is C=CCNC(=NCc1nnc(C)n1C)NCCc1ccc(Cl)nc1.I. The van der Waals surface area contributed by atoms with Crippen LogP contribution in [0.2, 0.25) is 5.15 Å². The van der Waals surface area contributed by atoms with Crippen LogP contribution in [0.15, 0.2) is 36.0 Å². The molecule has 0 atom stereocenters. The van der Waals surface area contributed by atoms with Gasteiger partial charge in [-0.1, -0.05) is 23.7 Å². The van der Waals surface area contributed by atoms with E-state index in [1.165, 1.54) is 0 Å². The Hall–Kier alpha value is -1.68. The molecule has 0 aromatic carbocycles. The van der Waals surface area contributed by atoms with E-state index in [0.717, 1.165) is 30.2 Å². The Bertz CT molecular complexity index is 697. The molecule has 2 rings (SSSR count). The van der Waals surface area contributed by atoms with Gasteiger partial charge in [0.2, 0.25) is 0 Å². The van der Waals surface area contributed by atoms with E-state index in [1.807, 2.05) is 24.6 Å². The Kier molecular flexibility index (Phi) is 9.43. The van der Waals surface area contributed by atoms with Gasteiger partial charge >= 0.3 is 0 Å². The molecule has 2 aromatic heterocycles. The first-order valence-electron chi connectivity index (χ1n) is 7.68. The number of halogens is 2. The van der Waals surface area contributed by atoms with Crippen molar-refractivity contribution in [1.29, 1.82) is 0 Å². The van der Waals surface area contributed by atoms with Gasteiger partial charge in [0.1, 0.15) is 17.5 Å². The predicted octanol–water partition coefficient (Wildman–Crippen LogP) is 2.25. The molecule has 0 spiro atoms. The van der Waals surface area contributed by atoms with E-state index in [2.05, 4.69) is 37.4 Å². The zero-order valence-corrected chi connectivity index (χ0v) is 17.5. The number of pyridine rings is 1. The maximum atomic E-state index is 5.79. The summed E-state index contributed by atoms with van der Waals surface area (Å²) in [5, 5.41) is 15.1. The molecular weight excluding hydrogens is 453 g/mol. The standard InChI is InChI=1S/C16H22ClN7.HI/c1-4-8-18-16(21-11-15-23-22-12(2)24(15)3)19-9-7-13-5-6-14(17)20-10-13;/h4-6,10H,1,7-9,11H2,2-3H3,(H2,18,19,21);1H. The Morgan fingerprint density at radius 2 is 2.16 bits per heavy atom. The molecule has 0 aliphatic carbocycles. The molecule has 25 heavy (non-hydrogen) atoms. The smallest absolute Gasteiger partial charge is 0.191 e. The van der Waals surface area contributed by atoms with Gasteiger partial charge < -0.3 is 15.2 Å². The Balaban J connectivity index is 0.00000312. The molecule has 0 saturated heterocycles. The molecule has 0 bridgehead atoms. The summed E-state index contributed by atoms with van der Waals surface area (Å²) in [7, 11) is 1.93. The van der Waals surface area contributed by atoms with Crippen LogP contribution in [0.1, 0.15) is 17.2 Å². The second kappa shape index (κ2) is 11.0. The van der Waals surface area contributed by atoms with Gasteiger partial charge in [-0.05, 0) is 25.0 Å². The van der Waals surface area contributed by atoms with Crippen molar-refractivity contribution in [1.82, 2.24) is 30.4 Å². The monoisotopic (exact) mass is 475 g/mol. The van der Waals surface area contributed by atoms with Gasteiger partial charge in [0.15, 0.2) is 11.8 Å². The molecule has 2 aromatic rings. The largest absolute Gasteiger partial charge is 0.356 e. The quantitative estimate of drug-likeness (QED) is 0.211. The minimum atomic E-state index is 0. The molecule has 0 unspecified atom stereocenters. The first kappa shape index (κ1) is 21.4. The van der Waals surface area contributed by atoms with Gasteiger partial charge in [0.25, 0.3) is 0 Å². The molecule has 0 amide bonds. The Labute approximate surface area is 170 Å². The lowest BCUT2D eigenvalue weighted by Crippen LogP contribution is -2.38. The third kappa shape index (κ3) is 6.99. The summed E-state index contributed by atoms with van der Waals surface area (Å²) in [6.45, 7) is 7.43. The van der Waals surface area contributed by atoms with Gasteiger partial charge in [0.05, 0.1) is 0 Å². The zero-order chi connectivity index (χ0) is 17.4. The molecular formula is C16H23ClIN7. The van der Waals surface area contributed by atoms with Crippen LogP contribution in [0, 0.1) is 6.92 Å². The van der Waals surface area contributed by atoms with Crippen molar-refractivity contribution in [3.63, 3.8) is 0 Å². The molecule has 0 aliphatic rings. The van der Waals surface area contributed by atoms with Crippen molar-refractivity contribution in [2.75, 3.05) is 13.1 Å². The summed E-state index contributed by atoms with van der Waals surface area (Å²) < 4.78 is 1.92. The highest BCUT2D eigenvalue weighted by Gasteiger charge is 2.05. The van der Waals surface area contributed by atoms with E-state index in [9.17, 15) is 0 Å². The highest BCUT2D eigenvalue weighted by molar-refractivity contribution is 14.0. The number of aromatic nitrogens is 4. The molecule has 2 heterocycles. The van der Waals surface area contributed by atoms with Gasteiger partial charge in [-0.25, -0.2) is 9.98 Å². The van der Waals surface area contributed by atoms with Crippen molar-refractivity contribution in [2.24, 2.45) is 12.0 Å². The maximum absolute atomic E-state index is 5.79. The summed E-state index contributed by atoms with van der Waals surface area (Å²) in [5.41, 5.74) is 1.11. The summed E-state index contributed by atoms with van der Waals surface area (Å²) in [5.74, 6) is 2.38. The molecule has 7 nitrogen and oxygen atoms in total. The Morgan fingerprint density at radius 3 is 2.76 bits per heavy atom. The van der Waals surface area contributed by atoms with Crippen LogP contribution in [0.3, 0.4) is 0 Å². The highest BCUT2D eigenvalue weighted by Crippen LogP contribution is 2.05. The predicted molar refractivity (Wildman–Crippen MR) is 111 cm³/mol. The second-order valence-electron chi connectivity index (χ2n) is 5.22. The molecule has 0 aliphatic heterocycles. The minimum absolute atomic E-state index is 0. The Morgan fingerprint density at radius 1 is 1.36 bits per heavy atom. The molecule has 9 heteroatoms. The van der Waals surface area contributed by atoms with E-state index >= 15 is 0 Å². The first-order chi connectivity index (χ1) is 11.6. The molecule has 0 saturated carbocycles. The third-order valence-corrected chi connectivity index (χ3v) is 3.69. The van der Waals surface area contributed by atoms with Crippen LogP contribution >= 0.6 is 35.6 Å². The summed E-state index contributed by atoms with van der Waals surface area (Å²) >= 11 is 5.79. The van der Waals surface area contributed by atoms with Crippen LogP contribution in [0.4, 0.5) is 0 Å². The number of aliphatic imine (C=N–C) groups is 1. The summed E-state index contributed by atoms with van der Waals surface area (Å²) in [6, 6.07) is 3.76. The van der Waals surface area contributed by atoms with E-state index in [1.54, 1.807) is 18.3 Å². The normalized spacial score (nSPS) is 10.9. The van der Waals surface area contributed by atoms with E-state index in [-0.39, 0.29) is 24.0 Å². The van der Waals surface area contributed by atoms with Crippen LogP contribution in [0.5, 0.6) is 0 Å². The number of hydrogen-bond acceptors (Lipinski definition) is 4. The highest BCUT2D eigenvalue weighted by atomic mass is 127. The van der Waals surface area contributed by atoms with Crippen LogP contribution in [-0.2, 0) is 20.0 Å². The fourth-order valence-electron chi connectivity index (χ4n) is 1.96. The summed E-state index contributed by atoms with van der Waals surface area (Å²) in [6.07, 6.45) is 4.38. The average molecular weight is 476 g/mol. The number of nitrogens with zero attached hydrogens (tertiary/aromatic N) is 5. The number of hydrogen-bond donors (Lipinski definition) is 2. The van der Waals surface area contributed by atoms with Crippen molar-refractivity contribution in [2.45, 2.75) is 19.9 Å². The minimum Gasteiger partial charge on any atom is -0.356 e. The second-order valence-corrected chi connectivity index (χ2v) is 5.61. The van der Waals surface area contributed by atoms with Crippen molar-refractivity contribution >= 4 is 41.5 Å². The number of aryl methyl sites for hydroxylation is 1. The fourth-order valence-corrected chi connectivity index (χ4v) is 2.07. The van der Waals surface area contributed by atoms with Crippen molar-refractivity contribution < 1.29 is 0 Å². The molecule has 0 fully saturated rings. The lowest BCUT2D eigenvalue weighted by Gasteiger charge is -2.11. The topological polar surface area (TPSA) is 80.0 Å². The van der Waals surface area contributed by atoms with E-state index in [4.69, 9.17) is 11.6 Å². The molecule has 2 N–H and O–H groups in total. The van der Waals surface area contributed by atoms with E-state index < -0.39 is 0 Å². The van der Waals surface area contributed by atoms with Crippen molar-refractivity contribution in [3.05, 3.63) is 53.3 Å². The number of nitrogens with one attached hydrogen (secondary N) is 2. The maximum Gasteiger partial charge on any atom is 0.191 e. The number of rotatable bonds is 7. The van der Waals surface area contributed by atoms with Crippen LogP contribution in [-0.4, -0.2) is 38.8 Å². The number of guanidine groups is 1. The third-order valence-electron chi connectivity index (χ3n) is 3.47. The average Bonchev–Trinajstić information content (AvgIpc) is 2.90. The summed E-state index contributed by atoms with van der Waals surface area (Å²) in [4.78, 5) is 8.61. The van der Waals surface area contributed by atoms with Crippen LogP contribution in [0.25, 0.3) is 0 Å². The lowest BCUT2D eigenvalue weighted by molar-refractivity contribution is 0.756. The van der Waals surface area contributed by atoms with Gasteiger partial charge in [-0.15, -0.1) is 40.8 Å². The fraction of sp³-hybridized carbons (Fsp3) is 0.375. The lowest BCUT2D eigenvalue weighted by atomic mass is 10.2. The zero-order valence-electron chi connectivity index (χ0n) is 14.4.